The number of likely N-dealkylation sites (tertiary alicyclic amines) is 1. The highest BCUT2D eigenvalue weighted by Crippen LogP contribution is 2.30. The molecule has 2 amide bonds. The highest BCUT2D eigenvalue weighted by Gasteiger charge is 2.30. The number of aromatic nitrogens is 2. The summed E-state index contributed by atoms with van der Waals surface area (Å²) in [6.07, 6.45) is 5.15. The van der Waals surface area contributed by atoms with E-state index < -0.39 is 0 Å². The molecule has 1 aliphatic heterocycles. The van der Waals surface area contributed by atoms with Crippen molar-refractivity contribution in [2.24, 2.45) is 5.92 Å². The molecule has 1 aliphatic carbocycles. The Labute approximate surface area is 168 Å². The first-order valence-corrected chi connectivity index (χ1v) is 10.5. The lowest BCUT2D eigenvalue weighted by Crippen LogP contribution is -2.41. The molecule has 2 aromatic rings. The van der Waals surface area contributed by atoms with Gasteiger partial charge in [-0.15, -0.1) is 11.3 Å². The predicted molar refractivity (Wildman–Crippen MR) is 107 cm³/mol. The molecule has 148 valence electrons. The topological polar surface area (TPSA) is 84.4 Å². The zero-order valence-corrected chi connectivity index (χ0v) is 16.9. The van der Waals surface area contributed by atoms with Gasteiger partial charge in [-0.2, -0.15) is 0 Å². The van der Waals surface area contributed by atoms with E-state index in [9.17, 15) is 9.59 Å². The molecule has 0 spiro atoms. The van der Waals surface area contributed by atoms with E-state index in [0.29, 0.717) is 24.7 Å². The zero-order chi connectivity index (χ0) is 19.7. The number of hydrogen-bond donors (Lipinski definition) is 1. The van der Waals surface area contributed by atoms with Crippen molar-refractivity contribution in [3.05, 3.63) is 33.9 Å². The second kappa shape index (κ2) is 7.87. The molecule has 0 atom stereocenters. The van der Waals surface area contributed by atoms with Gasteiger partial charge in [0.25, 0.3) is 5.91 Å². The third-order valence-corrected chi connectivity index (χ3v) is 6.13. The van der Waals surface area contributed by atoms with Gasteiger partial charge >= 0.3 is 0 Å². The Bertz CT molecular complexity index is 868. The van der Waals surface area contributed by atoms with Crippen LogP contribution < -0.4 is 10.1 Å². The molecule has 2 fully saturated rings. The van der Waals surface area contributed by atoms with Gasteiger partial charge in [-0.05, 0) is 32.8 Å². The highest BCUT2D eigenvalue weighted by molar-refractivity contribution is 7.13. The molecule has 1 saturated heterocycles. The van der Waals surface area contributed by atoms with Crippen molar-refractivity contribution in [1.82, 2.24) is 14.9 Å². The van der Waals surface area contributed by atoms with E-state index in [0.717, 1.165) is 41.3 Å². The first-order valence-electron chi connectivity index (χ1n) is 9.66. The number of anilines is 1. The van der Waals surface area contributed by atoms with E-state index in [4.69, 9.17) is 4.74 Å². The van der Waals surface area contributed by atoms with Crippen LogP contribution in [0, 0.1) is 19.8 Å². The Morgan fingerprint density at radius 3 is 2.50 bits per heavy atom. The molecule has 1 N–H and O–H groups in total. The van der Waals surface area contributed by atoms with Gasteiger partial charge in [-0.25, -0.2) is 9.97 Å². The lowest BCUT2D eigenvalue weighted by atomic mass is 10.1. The van der Waals surface area contributed by atoms with Crippen LogP contribution in [-0.4, -0.2) is 45.9 Å². The lowest BCUT2D eigenvalue weighted by molar-refractivity contribution is -0.117. The fourth-order valence-electron chi connectivity index (χ4n) is 3.33. The van der Waals surface area contributed by atoms with Crippen LogP contribution >= 0.6 is 11.3 Å². The molecule has 7 nitrogen and oxygen atoms in total. The normalized spacial score (nSPS) is 17.4. The van der Waals surface area contributed by atoms with E-state index in [1.807, 2.05) is 24.8 Å². The number of amides is 2. The van der Waals surface area contributed by atoms with Gasteiger partial charge in [0.2, 0.25) is 11.8 Å². The number of carbonyl (C=O) groups excluding carboxylic acids is 2. The average molecular weight is 401 g/mol. The van der Waals surface area contributed by atoms with Gasteiger partial charge < -0.3 is 15.0 Å². The van der Waals surface area contributed by atoms with Gasteiger partial charge in [-0.3, -0.25) is 9.59 Å². The number of nitrogens with one attached hydrogen (secondary N) is 1. The Balaban J connectivity index is 1.27. The van der Waals surface area contributed by atoms with E-state index in [-0.39, 0.29) is 23.8 Å². The van der Waals surface area contributed by atoms with Crippen LogP contribution in [0.1, 0.15) is 46.1 Å². The number of rotatable bonds is 5. The number of aryl methyl sites for hydroxylation is 2. The molecule has 8 heteroatoms. The molecule has 0 radical (unpaired) electrons. The second-order valence-corrected chi connectivity index (χ2v) is 8.61. The van der Waals surface area contributed by atoms with Crippen molar-refractivity contribution in [2.45, 2.75) is 45.6 Å². The minimum absolute atomic E-state index is 0.0350. The van der Waals surface area contributed by atoms with Crippen LogP contribution in [0.3, 0.4) is 0 Å². The SMILES string of the molecule is Cc1nc(C)c(C(=O)N2CCC(Oc3ccc(NC(=O)C4CC4)cn3)CC2)s1. The summed E-state index contributed by atoms with van der Waals surface area (Å²) in [5.41, 5.74) is 1.50. The molecule has 28 heavy (non-hydrogen) atoms. The number of ether oxygens (including phenoxy) is 1. The third-order valence-electron chi connectivity index (χ3n) is 5.07. The molecule has 0 bridgehead atoms. The van der Waals surface area contributed by atoms with Crippen LogP contribution in [-0.2, 0) is 4.79 Å². The molecular formula is C20H24N4O3S. The van der Waals surface area contributed by atoms with Crippen molar-refractivity contribution in [1.29, 1.82) is 0 Å². The minimum atomic E-state index is 0.0350. The van der Waals surface area contributed by atoms with Crippen LogP contribution in [0.4, 0.5) is 5.69 Å². The summed E-state index contributed by atoms with van der Waals surface area (Å²) in [6.45, 7) is 5.13. The Kier molecular flexibility index (Phi) is 5.30. The Hall–Kier alpha value is -2.48. The van der Waals surface area contributed by atoms with E-state index >= 15 is 0 Å². The quantitative estimate of drug-likeness (QED) is 0.833. The van der Waals surface area contributed by atoms with Crippen molar-refractivity contribution in [3.8, 4) is 5.88 Å². The predicted octanol–water partition coefficient (Wildman–Crippen LogP) is 3.19. The highest BCUT2D eigenvalue weighted by atomic mass is 32.1. The van der Waals surface area contributed by atoms with Gasteiger partial charge in [0.15, 0.2) is 0 Å². The average Bonchev–Trinajstić information content (AvgIpc) is 3.48. The second-order valence-electron chi connectivity index (χ2n) is 7.41. The maximum Gasteiger partial charge on any atom is 0.265 e. The molecule has 1 saturated carbocycles. The van der Waals surface area contributed by atoms with Crippen molar-refractivity contribution >= 4 is 28.8 Å². The van der Waals surface area contributed by atoms with Gasteiger partial charge in [0, 0.05) is 37.9 Å². The molecule has 4 rings (SSSR count). The largest absolute Gasteiger partial charge is 0.474 e. The van der Waals surface area contributed by atoms with Gasteiger partial charge in [0.1, 0.15) is 11.0 Å². The number of piperidine rings is 1. The molecule has 0 aromatic carbocycles. The van der Waals surface area contributed by atoms with Crippen molar-refractivity contribution in [3.63, 3.8) is 0 Å². The monoisotopic (exact) mass is 400 g/mol. The van der Waals surface area contributed by atoms with Gasteiger partial charge in [0.05, 0.1) is 22.6 Å². The fourth-order valence-corrected chi connectivity index (χ4v) is 4.22. The van der Waals surface area contributed by atoms with Crippen LogP contribution in [0.15, 0.2) is 18.3 Å². The van der Waals surface area contributed by atoms with E-state index in [1.54, 1.807) is 12.3 Å². The van der Waals surface area contributed by atoms with Gasteiger partial charge in [-0.1, -0.05) is 0 Å². The first-order chi connectivity index (χ1) is 13.5. The summed E-state index contributed by atoms with van der Waals surface area (Å²) in [6, 6.07) is 3.60. The molecular weight excluding hydrogens is 376 g/mol. The summed E-state index contributed by atoms with van der Waals surface area (Å²) < 4.78 is 5.97. The smallest absolute Gasteiger partial charge is 0.265 e. The number of hydrogen-bond acceptors (Lipinski definition) is 6. The van der Waals surface area contributed by atoms with Crippen LogP contribution in [0.2, 0.25) is 0 Å². The summed E-state index contributed by atoms with van der Waals surface area (Å²) in [5, 5.41) is 3.79. The minimum Gasteiger partial charge on any atom is -0.474 e. The Morgan fingerprint density at radius 1 is 1.18 bits per heavy atom. The molecule has 2 aromatic heterocycles. The van der Waals surface area contributed by atoms with Crippen molar-refractivity contribution < 1.29 is 14.3 Å². The van der Waals surface area contributed by atoms with Crippen LogP contribution in [0.25, 0.3) is 0 Å². The standard InChI is InChI=1S/C20H24N4O3S/c1-12-18(28-13(2)22-12)20(26)24-9-7-16(8-10-24)27-17-6-5-15(11-21-17)23-19(25)14-3-4-14/h5-6,11,14,16H,3-4,7-10H2,1-2H3,(H,23,25). The number of nitrogens with zero attached hydrogens (tertiary/aromatic N) is 3. The molecule has 3 heterocycles. The summed E-state index contributed by atoms with van der Waals surface area (Å²) >= 11 is 1.46. The maximum absolute atomic E-state index is 12.7. The van der Waals surface area contributed by atoms with E-state index in [1.165, 1.54) is 11.3 Å². The van der Waals surface area contributed by atoms with E-state index in [2.05, 4.69) is 15.3 Å². The first kappa shape index (κ1) is 18.9. The maximum atomic E-state index is 12.7. The summed E-state index contributed by atoms with van der Waals surface area (Å²) in [7, 11) is 0. The van der Waals surface area contributed by atoms with Crippen LogP contribution in [0.5, 0.6) is 5.88 Å². The number of thiazole rings is 1. The number of pyridine rings is 1. The lowest BCUT2D eigenvalue weighted by Gasteiger charge is -2.31. The Morgan fingerprint density at radius 2 is 1.93 bits per heavy atom. The zero-order valence-electron chi connectivity index (χ0n) is 16.1. The van der Waals surface area contributed by atoms with Crippen molar-refractivity contribution in [2.75, 3.05) is 18.4 Å². The molecule has 0 unspecified atom stereocenters. The summed E-state index contributed by atoms with van der Waals surface area (Å²) in [5.74, 6) is 0.846. The fraction of sp³-hybridized carbons (Fsp3) is 0.500. The number of carbonyl (C=O) groups is 2. The molecule has 2 aliphatic rings. The third kappa shape index (κ3) is 4.32. The summed E-state index contributed by atoms with van der Waals surface area (Å²) in [4.78, 5) is 35.7.